The van der Waals surface area contributed by atoms with Crippen molar-refractivity contribution in [2.75, 3.05) is 0 Å². The van der Waals surface area contributed by atoms with Crippen LogP contribution in [0.3, 0.4) is 0 Å². The topological polar surface area (TPSA) is 17.8 Å². The maximum atomic E-state index is 4.83. The van der Waals surface area contributed by atoms with E-state index in [1.54, 1.807) is 0 Å². The number of rotatable bonds is 2. The first-order chi connectivity index (χ1) is 10.8. The molecule has 22 heavy (non-hydrogen) atoms. The summed E-state index contributed by atoms with van der Waals surface area (Å²) in [5, 5.41) is 0. The normalized spacial score (nSPS) is 11.0. The summed E-state index contributed by atoms with van der Waals surface area (Å²) in [6.45, 7) is 0. The molecule has 0 fully saturated rings. The maximum absolute atomic E-state index is 4.83. The Morgan fingerprint density at radius 1 is 0.727 bits per heavy atom. The second-order valence-electron chi connectivity index (χ2n) is 5.11. The predicted molar refractivity (Wildman–Crippen MR) is 93.8 cm³/mol. The first-order valence-corrected chi connectivity index (χ1v) is 7.60. The average Bonchev–Trinajstić information content (AvgIpc) is 2.95. The van der Waals surface area contributed by atoms with Gasteiger partial charge in [-0.1, -0.05) is 48.5 Å². The molecule has 4 aromatic rings. The minimum absolute atomic E-state index is 0.915. The molecule has 0 atom stereocenters. The zero-order chi connectivity index (χ0) is 14.9. The minimum atomic E-state index is 0.915. The monoisotopic (exact) mass is 302 g/mol. The second-order valence-corrected chi connectivity index (χ2v) is 5.59. The summed E-state index contributed by atoms with van der Waals surface area (Å²) in [6.07, 6.45) is 0. The molecule has 0 saturated heterocycles. The number of aromatic nitrogens is 2. The van der Waals surface area contributed by atoms with Gasteiger partial charge in [-0.25, -0.2) is 4.98 Å². The number of benzene rings is 3. The molecule has 0 saturated carbocycles. The van der Waals surface area contributed by atoms with Gasteiger partial charge in [0, 0.05) is 16.1 Å². The van der Waals surface area contributed by atoms with Gasteiger partial charge in [0.05, 0.1) is 11.0 Å². The maximum Gasteiger partial charge on any atom is 0.146 e. The second kappa shape index (κ2) is 5.35. The summed E-state index contributed by atoms with van der Waals surface area (Å²) in [4.78, 5) is 5.76. The Labute approximate surface area is 134 Å². The lowest BCUT2D eigenvalue weighted by Crippen LogP contribution is -1.97. The number of hydrogen-bond acceptors (Lipinski definition) is 2. The van der Waals surface area contributed by atoms with Gasteiger partial charge >= 0.3 is 0 Å². The highest BCUT2D eigenvalue weighted by atomic mass is 32.1. The highest BCUT2D eigenvalue weighted by molar-refractivity contribution is 7.80. The first kappa shape index (κ1) is 13.2. The van der Waals surface area contributed by atoms with Crippen molar-refractivity contribution in [2.24, 2.45) is 0 Å². The van der Waals surface area contributed by atoms with Crippen LogP contribution in [0.25, 0.3) is 28.1 Å². The van der Waals surface area contributed by atoms with Crippen LogP contribution >= 0.6 is 12.6 Å². The number of thiol groups is 1. The number of nitrogens with zero attached hydrogens (tertiary/aromatic N) is 2. The summed E-state index contributed by atoms with van der Waals surface area (Å²) in [6, 6.07) is 26.6. The molecule has 4 rings (SSSR count). The Balaban J connectivity index is 2.09. The van der Waals surface area contributed by atoms with E-state index in [0.29, 0.717) is 0 Å². The fourth-order valence-corrected chi connectivity index (χ4v) is 2.97. The van der Waals surface area contributed by atoms with Crippen molar-refractivity contribution < 1.29 is 0 Å². The van der Waals surface area contributed by atoms with Gasteiger partial charge in [0.1, 0.15) is 5.82 Å². The van der Waals surface area contributed by atoms with Crippen molar-refractivity contribution in [3.05, 3.63) is 78.9 Å². The molecule has 1 heterocycles. The Bertz CT molecular complexity index is 942. The van der Waals surface area contributed by atoms with Crippen molar-refractivity contribution in [2.45, 2.75) is 4.90 Å². The standard InChI is InChI=1S/C19H14N2S/c22-18-13-7-4-10-15(18)19-20-16-11-5-6-12-17(16)21(19)14-8-2-1-3-9-14/h1-13,22H. The lowest BCUT2D eigenvalue weighted by atomic mass is 10.2. The summed E-state index contributed by atoms with van der Waals surface area (Å²) in [5.74, 6) is 0.915. The predicted octanol–water partition coefficient (Wildman–Crippen LogP) is 4.98. The van der Waals surface area contributed by atoms with E-state index in [1.165, 1.54) is 0 Å². The molecule has 2 nitrogen and oxygen atoms in total. The van der Waals surface area contributed by atoms with Crippen molar-refractivity contribution >= 4 is 23.7 Å². The van der Waals surface area contributed by atoms with Gasteiger partial charge in [-0.2, -0.15) is 0 Å². The van der Waals surface area contributed by atoms with E-state index < -0.39 is 0 Å². The van der Waals surface area contributed by atoms with Crippen LogP contribution < -0.4 is 0 Å². The average molecular weight is 302 g/mol. The number of fused-ring (bicyclic) bond motifs is 1. The SMILES string of the molecule is Sc1ccccc1-c1nc2ccccc2n1-c1ccccc1. The first-order valence-electron chi connectivity index (χ1n) is 7.16. The summed E-state index contributed by atoms with van der Waals surface area (Å²) in [5.41, 5.74) is 4.21. The molecule has 0 unspecified atom stereocenters. The number of imidazole rings is 1. The molecule has 0 amide bonds. The Morgan fingerprint density at radius 3 is 2.23 bits per heavy atom. The van der Waals surface area contributed by atoms with E-state index in [1.807, 2.05) is 54.6 Å². The van der Waals surface area contributed by atoms with Crippen molar-refractivity contribution in [1.29, 1.82) is 0 Å². The van der Waals surface area contributed by atoms with E-state index >= 15 is 0 Å². The molecular weight excluding hydrogens is 288 g/mol. The van der Waals surface area contributed by atoms with E-state index in [4.69, 9.17) is 4.98 Å². The lowest BCUT2D eigenvalue weighted by Gasteiger charge is -2.10. The molecule has 0 aliphatic rings. The highest BCUT2D eigenvalue weighted by Crippen LogP contribution is 2.31. The van der Waals surface area contributed by atoms with Gasteiger partial charge < -0.3 is 0 Å². The van der Waals surface area contributed by atoms with Crippen molar-refractivity contribution in [1.82, 2.24) is 9.55 Å². The summed E-state index contributed by atoms with van der Waals surface area (Å²) < 4.78 is 2.18. The van der Waals surface area contributed by atoms with Gasteiger partial charge in [0.15, 0.2) is 0 Å². The molecule has 0 bridgehead atoms. The van der Waals surface area contributed by atoms with Crippen LogP contribution in [0.2, 0.25) is 0 Å². The van der Waals surface area contributed by atoms with Crippen LogP contribution in [0.1, 0.15) is 0 Å². The van der Waals surface area contributed by atoms with Gasteiger partial charge in [0.2, 0.25) is 0 Å². The Kier molecular flexibility index (Phi) is 3.20. The van der Waals surface area contributed by atoms with E-state index in [9.17, 15) is 0 Å². The number of para-hydroxylation sites is 3. The van der Waals surface area contributed by atoms with Crippen molar-refractivity contribution in [3.63, 3.8) is 0 Å². The fraction of sp³-hybridized carbons (Fsp3) is 0. The summed E-state index contributed by atoms with van der Waals surface area (Å²) >= 11 is 4.60. The van der Waals surface area contributed by atoms with Crippen LogP contribution in [0.4, 0.5) is 0 Å². The number of hydrogen-bond donors (Lipinski definition) is 1. The highest BCUT2D eigenvalue weighted by Gasteiger charge is 2.15. The quantitative estimate of drug-likeness (QED) is 0.517. The Hall–Kier alpha value is -2.52. The summed E-state index contributed by atoms with van der Waals surface area (Å²) in [7, 11) is 0. The fourth-order valence-electron chi connectivity index (χ4n) is 2.71. The molecule has 3 heteroatoms. The third-order valence-corrected chi connectivity index (χ3v) is 4.11. The smallest absolute Gasteiger partial charge is 0.146 e. The molecule has 1 aromatic heterocycles. The molecule has 0 aliphatic carbocycles. The minimum Gasteiger partial charge on any atom is -0.292 e. The van der Waals surface area contributed by atoms with E-state index in [2.05, 4.69) is 41.5 Å². The third-order valence-electron chi connectivity index (χ3n) is 3.72. The van der Waals surface area contributed by atoms with Crippen LogP contribution in [0, 0.1) is 0 Å². The van der Waals surface area contributed by atoms with Crippen molar-refractivity contribution in [3.8, 4) is 17.1 Å². The lowest BCUT2D eigenvalue weighted by molar-refractivity contribution is 1.09. The largest absolute Gasteiger partial charge is 0.292 e. The molecule has 106 valence electrons. The zero-order valence-corrected chi connectivity index (χ0v) is 12.7. The molecule has 0 N–H and O–H groups in total. The molecule has 0 aliphatic heterocycles. The van der Waals surface area contributed by atoms with Gasteiger partial charge in [-0.15, -0.1) is 12.6 Å². The van der Waals surface area contributed by atoms with Crippen LogP contribution in [-0.4, -0.2) is 9.55 Å². The molecule has 0 spiro atoms. The van der Waals surface area contributed by atoms with Crippen LogP contribution in [0.5, 0.6) is 0 Å². The van der Waals surface area contributed by atoms with Gasteiger partial charge in [-0.05, 0) is 30.3 Å². The van der Waals surface area contributed by atoms with E-state index in [0.717, 1.165) is 33.0 Å². The molecule has 0 radical (unpaired) electrons. The van der Waals surface area contributed by atoms with Crippen LogP contribution in [-0.2, 0) is 0 Å². The zero-order valence-electron chi connectivity index (χ0n) is 11.8. The third kappa shape index (κ3) is 2.11. The Morgan fingerprint density at radius 2 is 1.41 bits per heavy atom. The van der Waals surface area contributed by atoms with Gasteiger partial charge in [-0.3, -0.25) is 4.57 Å². The molecule has 3 aromatic carbocycles. The van der Waals surface area contributed by atoms with Gasteiger partial charge in [0.25, 0.3) is 0 Å². The molecular formula is C19H14N2S. The van der Waals surface area contributed by atoms with E-state index in [-0.39, 0.29) is 0 Å². The van der Waals surface area contributed by atoms with Crippen LogP contribution in [0.15, 0.2) is 83.8 Å².